The Labute approximate surface area is 128 Å². The molecule has 0 bridgehead atoms. The maximum absolute atomic E-state index is 5.74. The molecule has 0 saturated carbocycles. The van der Waals surface area contributed by atoms with Crippen LogP contribution in [0, 0.1) is 0 Å². The van der Waals surface area contributed by atoms with Gasteiger partial charge >= 0.3 is 0 Å². The molecule has 0 aliphatic heterocycles. The summed E-state index contributed by atoms with van der Waals surface area (Å²) in [6.07, 6.45) is 0.849. The fourth-order valence-corrected chi connectivity index (χ4v) is 3.36. The summed E-state index contributed by atoms with van der Waals surface area (Å²) in [4.78, 5) is 1.25. The fourth-order valence-electron chi connectivity index (χ4n) is 2.57. The first kappa shape index (κ1) is 14.1. The molecular weight excluding hydrogens is 280 g/mol. The van der Waals surface area contributed by atoms with E-state index in [1.165, 1.54) is 21.2 Å². The highest BCUT2D eigenvalue weighted by molar-refractivity contribution is 7.10. The summed E-state index contributed by atoms with van der Waals surface area (Å²) >= 11 is 1.72. The molecule has 21 heavy (non-hydrogen) atoms. The van der Waals surface area contributed by atoms with Gasteiger partial charge in [-0.1, -0.05) is 30.3 Å². The molecule has 3 aromatic rings. The fraction of sp³-hybridized carbons (Fsp3) is 0.176. The van der Waals surface area contributed by atoms with Crippen molar-refractivity contribution in [2.24, 2.45) is 5.84 Å². The van der Waals surface area contributed by atoms with Crippen LogP contribution in [0.15, 0.2) is 53.9 Å². The topological polar surface area (TPSA) is 47.3 Å². The van der Waals surface area contributed by atoms with Crippen molar-refractivity contribution in [3.8, 4) is 5.75 Å². The van der Waals surface area contributed by atoms with Crippen molar-refractivity contribution >= 4 is 22.1 Å². The van der Waals surface area contributed by atoms with E-state index in [9.17, 15) is 0 Å². The van der Waals surface area contributed by atoms with Crippen molar-refractivity contribution < 1.29 is 4.74 Å². The van der Waals surface area contributed by atoms with Crippen LogP contribution < -0.4 is 16.0 Å². The van der Waals surface area contributed by atoms with Crippen LogP contribution in [0.3, 0.4) is 0 Å². The third-order valence-corrected chi connectivity index (χ3v) is 4.68. The smallest absolute Gasteiger partial charge is 0.119 e. The molecular formula is C17H18N2OS. The van der Waals surface area contributed by atoms with Crippen molar-refractivity contribution in [1.82, 2.24) is 5.43 Å². The highest BCUT2D eigenvalue weighted by Crippen LogP contribution is 2.28. The lowest BCUT2D eigenvalue weighted by Gasteiger charge is -2.16. The molecule has 3 rings (SSSR count). The van der Waals surface area contributed by atoms with Crippen LogP contribution >= 0.6 is 11.3 Å². The number of thiophene rings is 1. The second-order valence-corrected chi connectivity index (χ2v) is 5.92. The predicted molar refractivity (Wildman–Crippen MR) is 88.6 cm³/mol. The van der Waals surface area contributed by atoms with Gasteiger partial charge in [-0.25, -0.2) is 0 Å². The minimum absolute atomic E-state index is 0.127. The third-order valence-electron chi connectivity index (χ3n) is 3.69. The van der Waals surface area contributed by atoms with E-state index in [1.807, 2.05) is 6.07 Å². The van der Waals surface area contributed by atoms with Gasteiger partial charge in [0, 0.05) is 4.88 Å². The first-order chi connectivity index (χ1) is 10.3. The van der Waals surface area contributed by atoms with E-state index >= 15 is 0 Å². The second-order valence-electron chi connectivity index (χ2n) is 4.94. The molecule has 1 unspecified atom stereocenters. The number of hydrogen-bond donors (Lipinski definition) is 2. The van der Waals surface area contributed by atoms with Gasteiger partial charge in [0.2, 0.25) is 0 Å². The lowest BCUT2D eigenvalue weighted by molar-refractivity contribution is 0.415. The minimum atomic E-state index is 0.127. The molecule has 0 aliphatic rings. The molecule has 0 amide bonds. The molecule has 0 fully saturated rings. The summed E-state index contributed by atoms with van der Waals surface area (Å²) in [5.41, 5.74) is 4.19. The zero-order chi connectivity index (χ0) is 14.7. The van der Waals surface area contributed by atoms with E-state index in [0.717, 1.165) is 12.2 Å². The second kappa shape index (κ2) is 6.26. The van der Waals surface area contributed by atoms with Gasteiger partial charge in [-0.05, 0) is 46.3 Å². The molecule has 3 nitrogen and oxygen atoms in total. The summed E-state index contributed by atoms with van der Waals surface area (Å²) in [5.74, 6) is 6.62. The first-order valence-corrected chi connectivity index (χ1v) is 7.75. The summed E-state index contributed by atoms with van der Waals surface area (Å²) in [7, 11) is 1.69. The molecule has 0 radical (unpaired) electrons. The van der Waals surface area contributed by atoms with Crippen molar-refractivity contribution in [2.75, 3.05) is 7.11 Å². The van der Waals surface area contributed by atoms with Gasteiger partial charge < -0.3 is 4.74 Å². The monoisotopic (exact) mass is 298 g/mol. The number of nitrogens with two attached hydrogens (primary N) is 1. The zero-order valence-electron chi connectivity index (χ0n) is 11.9. The first-order valence-electron chi connectivity index (χ1n) is 6.87. The van der Waals surface area contributed by atoms with Crippen molar-refractivity contribution in [2.45, 2.75) is 12.5 Å². The van der Waals surface area contributed by atoms with Crippen LogP contribution in [-0.4, -0.2) is 7.11 Å². The van der Waals surface area contributed by atoms with Gasteiger partial charge in [0.25, 0.3) is 0 Å². The van der Waals surface area contributed by atoms with Crippen LogP contribution in [0.1, 0.15) is 16.5 Å². The van der Waals surface area contributed by atoms with Crippen LogP contribution in [0.5, 0.6) is 5.75 Å². The van der Waals surface area contributed by atoms with E-state index < -0.39 is 0 Å². The van der Waals surface area contributed by atoms with E-state index in [0.29, 0.717) is 0 Å². The molecule has 1 atom stereocenters. The molecule has 0 aliphatic carbocycles. The molecule has 2 aromatic carbocycles. The number of ether oxygens (including phenoxy) is 1. The molecule has 108 valence electrons. The average Bonchev–Trinajstić information content (AvgIpc) is 3.06. The Morgan fingerprint density at radius 1 is 1.19 bits per heavy atom. The van der Waals surface area contributed by atoms with Gasteiger partial charge in [-0.3, -0.25) is 11.3 Å². The number of nitrogens with one attached hydrogen (secondary N) is 1. The van der Waals surface area contributed by atoms with Gasteiger partial charge in [-0.2, -0.15) is 0 Å². The minimum Gasteiger partial charge on any atom is -0.497 e. The van der Waals surface area contributed by atoms with Crippen molar-refractivity contribution in [3.63, 3.8) is 0 Å². The number of methoxy groups -OCH3 is 1. The zero-order valence-corrected chi connectivity index (χ0v) is 12.7. The van der Waals surface area contributed by atoms with E-state index in [2.05, 4.69) is 53.3 Å². The summed E-state index contributed by atoms with van der Waals surface area (Å²) in [6, 6.07) is 16.8. The Hall–Kier alpha value is -1.88. The summed E-state index contributed by atoms with van der Waals surface area (Å²) in [5, 5.41) is 4.51. The van der Waals surface area contributed by atoms with Crippen LogP contribution in [0.2, 0.25) is 0 Å². The molecule has 4 heteroatoms. The normalized spacial score (nSPS) is 12.5. The highest BCUT2D eigenvalue weighted by atomic mass is 32.1. The molecule has 3 N–H and O–H groups in total. The quantitative estimate of drug-likeness (QED) is 0.558. The van der Waals surface area contributed by atoms with Crippen LogP contribution in [0.25, 0.3) is 10.8 Å². The Morgan fingerprint density at radius 2 is 2.10 bits per heavy atom. The molecule has 0 saturated heterocycles. The van der Waals surface area contributed by atoms with Gasteiger partial charge in [0.05, 0.1) is 13.2 Å². The van der Waals surface area contributed by atoms with Gasteiger partial charge in [0.15, 0.2) is 0 Å². The standard InChI is InChI=1S/C17H18N2OS/c1-20-14-8-7-12-4-2-5-13(15(12)11-14)10-16(19-18)17-6-3-9-21-17/h2-9,11,16,19H,10,18H2,1H3. The maximum Gasteiger partial charge on any atom is 0.119 e. The van der Waals surface area contributed by atoms with E-state index in [-0.39, 0.29) is 6.04 Å². The largest absolute Gasteiger partial charge is 0.497 e. The Balaban J connectivity index is 1.99. The lowest BCUT2D eigenvalue weighted by atomic mass is 9.98. The number of hydrazine groups is 1. The number of hydrogen-bond acceptors (Lipinski definition) is 4. The van der Waals surface area contributed by atoms with Crippen molar-refractivity contribution in [3.05, 3.63) is 64.4 Å². The SMILES string of the molecule is COc1ccc2cccc(CC(NN)c3cccs3)c2c1. The number of benzene rings is 2. The van der Waals surface area contributed by atoms with E-state index in [1.54, 1.807) is 18.4 Å². The van der Waals surface area contributed by atoms with Gasteiger partial charge in [-0.15, -0.1) is 11.3 Å². The summed E-state index contributed by atoms with van der Waals surface area (Å²) in [6.45, 7) is 0. The summed E-state index contributed by atoms with van der Waals surface area (Å²) < 4.78 is 5.34. The molecule has 0 spiro atoms. The Kier molecular flexibility index (Phi) is 4.20. The highest BCUT2D eigenvalue weighted by Gasteiger charge is 2.13. The Bertz CT molecular complexity index is 725. The Morgan fingerprint density at radius 3 is 2.81 bits per heavy atom. The third kappa shape index (κ3) is 2.93. The number of fused-ring (bicyclic) bond motifs is 1. The maximum atomic E-state index is 5.74. The average molecular weight is 298 g/mol. The van der Waals surface area contributed by atoms with Crippen LogP contribution in [0.4, 0.5) is 0 Å². The van der Waals surface area contributed by atoms with Crippen molar-refractivity contribution in [1.29, 1.82) is 0 Å². The predicted octanol–water partition coefficient (Wildman–Crippen LogP) is 3.66. The molecule has 1 heterocycles. The lowest BCUT2D eigenvalue weighted by Crippen LogP contribution is -2.29. The van der Waals surface area contributed by atoms with Crippen LogP contribution in [-0.2, 0) is 6.42 Å². The number of rotatable bonds is 5. The van der Waals surface area contributed by atoms with E-state index in [4.69, 9.17) is 10.6 Å². The molecule has 1 aromatic heterocycles. The van der Waals surface area contributed by atoms with Gasteiger partial charge in [0.1, 0.15) is 5.75 Å².